The molecule has 0 spiro atoms. The molecule has 0 saturated carbocycles. The minimum Gasteiger partial charge on any atom is -0.494 e. The van der Waals surface area contributed by atoms with Crippen molar-refractivity contribution < 1.29 is 14.6 Å². The van der Waals surface area contributed by atoms with Crippen molar-refractivity contribution in [3.8, 4) is 5.88 Å². The van der Waals surface area contributed by atoms with Crippen molar-refractivity contribution in [1.82, 2.24) is 4.98 Å². The highest BCUT2D eigenvalue weighted by Crippen LogP contribution is 2.20. The third kappa shape index (κ3) is 5.78. The van der Waals surface area contributed by atoms with Crippen molar-refractivity contribution in [1.29, 1.82) is 5.41 Å². The molecule has 0 aliphatic carbocycles. The molecule has 0 atom stereocenters. The monoisotopic (exact) mass is 422 g/mol. The van der Waals surface area contributed by atoms with Crippen molar-refractivity contribution in [2.75, 3.05) is 0 Å². The van der Waals surface area contributed by atoms with E-state index in [1.165, 1.54) is 0 Å². The molecule has 0 aliphatic rings. The van der Waals surface area contributed by atoms with Crippen molar-refractivity contribution >= 4 is 23.0 Å². The molecule has 0 saturated heterocycles. The number of ketones is 1. The van der Waals surface area contributed by atoms with E-state index in [4.69, 9.17) is 10.1 Å². The standard InChI is InChI=1S/C23H22N2O4S/c1-15(29-21(24)18-7-3-2-4-8-18)6-5-9-19(26)17-12-10-16(11-13-17)14-20-22(27)25-23(28)30-20/h2-4,6-8,10-13,24,27H,5,9,14H2,1H3,(H,25,28). The first-order chi connectivity index (χ1) is 14.4. The molecule has 30 heavy (non-hydrogen) atoms. The molecule has 0 radical (unpaired) electrons. The van der Waals surface area contributed by atoms with Gasteiger partial charge in [-0.05, 0) is 37.1 Å². The average Bonchev–Trinajstić information content (AvgIpc) is 3.05. The van der Waals surface area contributed by atoms with Crippen molar-refractivity contribution in [3.05, 3.63) is 97.7 Å². The maximum absolute atomic E-state index is 12.4. The first kappa shape index (κ1) is 21.3. The van der Waals surface area contributed by atoms with Gasteiger partial charge in [0, 0.05) is 24.0 Å². The lowest BCUT2D eigenvalue weighted by molar-refractivity contribution is 0.0983. The van der Waals surface area contributed by atoms with Gasteiger partial charge in [-0.1, -0.05) is 53.8 Å². The fourth-order valence-electron chi connectivity index (χ4n) is 2.87. The van der Waals surface area contributed by atoms with Gasteiger partial charge in [-0.2, -0.15) is 0 Å². The van der Waals surface area contributed by atoms with Gasteiger partial charge in [0.2, 0.25) is 11.8 Å². The van der Waals surface area contributed by atoms with E-state index in [0.717, 1.165) is 16.9 Å². The molecule has 0 amide bonds. The Balaban J connectivity index is 1.50. The molecule has 6 nitrogen and oxygen atoms in total. The maximum atomic E-state index is 12.4. The van der Waals surface area contributed by atoms with Crippen molar-refractivity contribution in [2.24, 2.45) is 0 Å². The molecule has 0 unspecified atom stereocenters. The molecule has 0 aliphatic heterocycles. The number of aromatic nitrogens is 1. The number of carbonyl (C=O) groups excluding carboxylic acids is 1. The van der Waals surface area contributed by atoms with Crippen LogP contribution < -0.4 is 4.87 Å². The first-order valence-corrected chi connectivity index (χ1v) is 10.3. The Morgan fingerprint density at radius 2 is 1.83 bits per heavy atom. The number of ether oxygens (including phenoxy) is 1. The Bertz CT molecular complexity index is 1110. The summed E-state index contributed by atoms with van der Waals surface area (Å²) in [5.41, 5.74) is 2.21. The smallest absolute Gasteiger partial charge is 0.307 e. The summed E-state index contributed by atoms with van der Waals surface area (Å²) in [6.45, 7) is 1.77. The number of aromatic amines is 1. The number of hydrogen-bond donors (Lipinski definition) is 3. The highest BCUT2D eigenvalue weighted by atomic mass is 32.1. The number of carbonyl (C=O) groups is 1. The van der Waals surface area contributed by atoms with Gasteiger partial charge in [-0.15, -0.1) is 0 Å². The van der Waals surface area contributed by atoms with Crippen LogP contribution in [0.15, 0.2) is 71.2 Å². The lowest BCUT2D eigenvalue weighted by atomic mass is 10.0. The van der Waals surface area contributed by atoms with Crippen LogP contribution in [0.4, 0.5) is 0 Å². The summed E-state index contributed by atoms with van der Waals surface area (Å²) < 4.78 is 5.50. The summed E-state index contributed by atoms with van der Waals surface area (Å²) in [6.07, 6.45) is 3.08. The Kier molecular flexibility index (Phi) is 6.98. The van der Waals surface area contributed by atoms with E-state index in [1.54, 1.807) is 37.3 Å². The largest absolute Gasteiger partial charge is 0.494 e. The Morgan fingerprint density at radius 1 is 1.13 bits per heavy atom. The first-order valence-electron chi connectivity index (χ1n) is 9.44. The molecule has 7 heteroatoms. The molecular formula is C23H22N2O4S. The van der Waals surface area contributed by atoms with E-state index in [-0.39, 0.29) is 22.4 Å². The SMILES string of the molecule is CC(=CCCC(=O)c1ccc(Cc2sc(=O)[nH]c2O)cc1)OC(=N)c1ccccc1. The predicted octanol–water partition coefficient (Wildman–Crippen LogP) is 4.64. The molecule has 1 aromatic heterocycles. The topological polar surface area (TPSA) is 103 Å². The predicted molar refractivity (Wildman–Crippen MR) is 118 cm³/mol. The second kappa shape index (κ2) is 9.84. The summed E-state index contributed by atoms with van der Waals surface area (Å²) in [4.78, 5) is 26.3. The number of aromatic hydroxyl groups is 1. The fraction of sp³-hybridized carbons (Fsp3) is 0.174. The third-order valence-electron chi connectivity index (χ3n) is 4.44. The lowest BCUT2D eigenvalue weighted by Crippen LogP contribution is -2.03. The quantitative estimate of drug-likeness (QED) is 0.213. The summed E-state index contributed by atoms with van der Waals surface area (Å²) in [5.74, 6) is 0.565. The van der Waals surface area contributed by atoms with Gasteiger partial charge in [0.15, 0.2) is 5.78 Å². The molecule has 3 aromatic rings. The number of rotatable bonds is 8. The van der Waals surface area contributed by atoms with E-state index >= 15 is 0 Å². The van der Waals surface area contributed by atoms with Gasteiger partial charge in [0.1, 0.15) is 0 Å². The van der Waals surface area contributed by atoms with Crippen LogP contribution >= 0.6 is 11.3 Å². The van der Waals surface area contributed by atoms with Gasteiger partial charge in [0.05, 0.1) is 10.6 Å². The van der Waals surface area contributed by atoms with E-state index < -0.39 is 0 Å². The minimum atomic E-state index is -0.291. The van der Waals surface area contributed by atoms with Crippen molar-refractivity contribution in [3.63, 3.8) is 0 Å². The van der Waals surface area contributed by atoms with Crippen LogP contribution in [-0.2, 0) is 11.2 Å². The summed E-state index contributed by atoms with van der Waals surface area (Å²) in [6, 6.07) is 16.3. The second-order valence-electron chi connectivity index (χ2n) is 6.73. The number of benzene rings is 2. The van der Waals surface area contributed by atoms with Gasteiger partial charge in [0.25, 0.3) is 0 Å². The number of H-pyrrole nitrogens is 1. The highest BCUT2D eigenvalue weighted by Gasteiger charge is 2.10. The lowest BCUT2D eigenvalue weighted by Gasteiger charge is -2.07. The van der Waals surface area contributed by atoms with E-state index in [1.807, 2.05) is 30.3 Å². The molecule has 1 heterocycles. The molecule has 3 rings (SSSR count). The molecule has 154 valence electrons. The van der Waals surface area contributed by atoms with Crippen LogP contribution in [0.5, 0.6) is 5.88 Å². The second-order valence-corrected chi connectivity index (χ2v) is 7.80. The highest BCUT2D eigenvalue weighted by molar-refractivity contribution is 7.09. The summed E-state index contributed by atoms with van der Waals surface area (Å²) in [5, 5.41) is 17.6. The Morgan fingerprint density at radius 3 is 2.47 bits per heavy atom. The fourth-order valence-corrected chi connectivity index (χ4v) is 3.63. The van der Waals surface area contributed by atoms with E-state index in [2.05, 4.69) is 4.98 Å². The zero-order valence-electron chi connectivity index (χ0n) is 16.5. The normalized spacial score (nSPS) is 11.3. The zero-order valence-corrected chi connectivity index (χ0v) is 17.3. The van der Waals surface area contributed by atoms with E-state index in [9.17, 15) is 14.7 Å². The number of allylic oxidation sites excluding steroid dienone is 2. The number of nitrogens with one attached hydrogen (secondary N) is 2. The van der Waals surface area contributed by atoms with Crippen LogP contribution in [-0.4, -0.2) is 21.8 Å². The Hall–Kier alpha value is -3.45. The van der Waals surface area contributed by atoms with Gasteiger partial charge in [-0.25, -0.2) is 0 Å². The van der Waals surface area contributed by atoms with Crippen LogP contribution in [0, 0.1) is 5.41 Å². The molecule has 2 aromatic carbocycles. The summed E-state index contributed by atoms with van der Waals surface area (Å²) >= 11 is 0.975. The molecule has 0 fully saturated rings. The Labute approximate surface area is 178 Å². The van der Waals surface area contributed by atoms with Crippen LogP contribution in [0.2, 0.25) is 0 Å². The maximum Gasteiger partial charge on any atom is 0.307 e. The van der Waals surface area contributed by atoms with Gasteiger partial charge >= 0.3 is 4.87 Å². The average molecular weight is 423 g/mol. The van der Waals surface area contributed by atoms with E-state index in [0.29, 0.717) is 41.0 Å². The third-order valence-corrected chi connectivity index (χ3v) is 5.31. The van der Waals surface area contributed by atoms with Crippen molar-refractivity contribution in [2.45, 2.75) is 26.2 Å². The molecule has 3 N–H and O–H groups in total. The molecule has 0 bridgehead atoms. The van der Waals surface area contributed by atoms with Gasteiger partial charge < -0.3 is 9.84 Å². The van der Waals surface area contributed by atoms with Crippen LogP contribution in [0.3, 0.4) is 0 Å². The summed E-state index contributed by atoms with van der Waals surface area (Å²) in [7, 11) is 0. The minimum absolute atomic E-state index is 0.0119. The number of thiazole rings is 1. The number of Topliss-reactive ketones (excluding diaryl/α,β-unsaturated/α-hetero) is 1. The zero-order chi connectivity index (χ0) is 21.5. The molecular weight excluding hydrogens is 400 g/mol. The van der Waals surface area contributed by atoms with Gasteiger partial charge in [-0.3, -0.25) is 20.0 Å². The number of hydrogen-bond acceptors (Lipinski definition) is 6. The van der Waals surface area contributed by atoms with Crippen LogP contribution in [0.25, 0.3) is 0 Å². The van der Waals surface area contributed by atoms with Crippen LogP contribution in [0.1, 0.15) is 46.1 Å².